The van der Waals surface area contributed by atoms with Gasteiger partial charge in [0.1, 0.15) is 0 Å². The van der Waals surface area contributed by atoms with Crippen LogP contribution in [0.3, 0.4) is 0 Å². The number of hydrogen-bond acceptors (Lipinski definition) is 2. The van der Waals surface area contributed by atoms with E-state index >= 15 is 0 Å². The number of carbonyl (C=O) groups is 1. The van der Waals surface area contributed by atoms with Crippen molar-refractivity contribution in [1.82, 2.24) is 5.32 Å². The molecule has 0 bridgehead atoms. The fraction of sp³-hybridized carbons (Fsp3) is 0.588. The molecule has 0 aliphatic heterocycles. The van der Waals surface area contributed by atoms with Crippen LogP contribution < -0.4 is 10.6 Å². The predicted molar refractivity (Wildman–Crippen MR) is 81.5 cm³/mol. The van der Waals surface area contributed by atoms with Crippen LogP contribution in [0.25, 0.3) is 0 Å². The normalized spacial score (nSPS) is 29.4. The minimum atomic E-state index is 0.233. The summed E-state index contributed by atoms with van der Waals surface area (Å²) < 4.78 is 0. The van der Waals surface area contributed by atoms with Gasteiger partial charge in [0.2, 0.25) is 5.91 Å². The number of rotatable bonds is 4. The molecule has 2 saturated carbocycles. The van der Waals surface area contributed by atoms with Crippen molar-refractivity contribution in [3.63, 3.8) is 0 Å². The molecule has 3 rings (SSSR count). The minimum absolute atomic E-state index is 0.233. The fourth-order valence-electron chi connectivity index (χ4n) is 3.63. The second-order valence-electron chi connectivity index (χ2n) is 6.26. The highest BCUT2D eigenvalue weighted by atomic mass is 16.2. The molecule has 1 aromatic carbocycles. The molecule has 1 aromatic rings. The van der Waals surface area contributed by atoms with Gasteiger partial charge in [0.05, 0.1) is 0 Å². The average Bonchev–Trinajstić information content (AvgIpc) is 3.21. The van der Waals surface area contributed by atoms with E-state index in [0.29, 0.717) is 17.9 Å². The van der Waals surface area contributed by atoms with Crippen molar-refractivity contribution in [2.45, 2.75) is 38.6 Å². The minimum Gasteiger partial charge on any atom is -0.326 e. The molecular weight excluding hydrogens is 248 g/mol. The molecule has 20 heavy (non-hydrogen) atoms. The first kappa shape index (κ1) is 13.6. The number of amides is 1. The first-order valence-corrected chi connectivity index (χ1v) is 7.79. The third-order valence-corrected chi connectivity index (χ3v) is 5.07. The number of hydrogen-bond donors (Lipinski definition) is 2. The molecule has 3 unspecified atom stereocenters. The molecule has 0 heterocycles. The second-order valence-corrected chi connectivity index (χ2v) is 6.26. The Kier molecular flexibility index (Phi) is 3.79. The van der Waals surface area contributed by atoms with Crippen LogP contribution in [0, 0.1) is 17.8 Å². The Morgan fingerprint density at radius 1 is 1.15 bits per heavy atom. The first-order chi connectivity index (χ1) is 9.70. The van der Waals surface area contributed by atoms with E-state index in [9.17, 15) is 4.79 Å². The molecule has 3 heteroatoms. The monoisotopic (exact) mass is 272 g/mol. The van der Waals surface area contributed by atoms with Crippen molar-refractivity contribution in [3.05, 3.63) is 29.8 Å². The van der Waals surface area contributed by atoms with Crippen molar-refractivity contribution >= 4 is 11.6 Å². The lowest BCUT2D eigenvalue weighted by Gasteiger charge is -2.11. The maximum atomic E-state index is 12.3. The molecule has 0 aromatic heterocycles. The van der Waals surface area contributed by atoms with E-state index in [-0.39, 0.29) is 11.8 Å². The quantitative estimate of drug-likeness (QED) is 0.882. The summed E-state index contributed by atoms with van der Waals surface area (Å²) in [4.78, 5) is 12.3. The van der Waals surface area contributed by atoms with Crippen molar-refractivity contribution in [2.75, 3.05) is 12.4 Å². The highest BCUT2D eigenvalue weighted by Crippen LogP contribution is 2.55. The molecule has 2 fully saturated rings. The Bertz CT molecular complexity index is 470. The summed E-state index contributed by atoms with van der Waals surface area (Å²) in [6, 6.07) is 8.51. The zero-order valence-corrected chi connectivity index (χ0v) is 12.4. The lowest BCUT2D eigenvalue weighted by Crippen LogP contribution is -2.16. The summed E-state index contributed by atoms with van der Waals surface area (Å²) in [5, 5.41) is 6.30. The van der Waals surface area contributed by atoms with Crippen LogP contribution in [0.5, 0.6) is 0 Å². The number of anilines is 1. The Morgan fingerprint density at radius 3 is 2.30 bits per heavy atom. The van der Waals surface area contributed by atoms with E-state index < -0.39 is 0 Å². The van der Waals surface area contributed by atoms with Crippen molar-refractivity contribution in [2.24, 2.45) is 17.8 Å². The SMILES string of the molecule is CNC(C)c1ccc(NC(=O)C2C3CCCCC32)cc1. The lowest BCUT2D eigenvalue weighted by atomic mass is 10.0. The summed E-state index contributed by atoms with van der Waals surface area (Å²) >= 11 is 0. The number of benzene rings is 1. The highest BCUT2D eigenvalue weighted by molar-refractivity contribution is 5.94. The smallest absolute Gasteiger partial charge is 0.228 e. The van der Waals surface area contributed by atoms with Crippen LogP contribution in [0.1, 0.15) is 44.2 Å². The number of carbonyl (C=O) groups excluding carboxylic acids is 1. The molecule has 0 saturated heterocycles. The molecular formula is C17H24N2O. The predicted octanol–water partition coefficient (Wildman–Crippen LogP) is 3.34. The molecule has 2 aliphatic rings. The molecule has 0 radical (unpaired) electrons. The second kappa shape index (κ2) is 5.57. The van der Waals surface area contributed by atoms with Crippen molar-refractivity contribution in [3.8, 4) is 0 Å². The maximum absolute atomic E-state index is 12.3. The average molecular weight is 272 g/mol. The molecule has 2 aliphatic carbocycles. The lowest BCUT2D eigenvalue weighted by molar-refractivity contribution is -0.117. The van der Waals surface area contributed by atoms with Crippen LogP contribution in [-0.2, 0) is 4.79 Å². The summed E-state index contributed by atoms with van der Waals surface area (Å²) in [6.45, 7) is 2.13. The molecule has 108 valence electrons. The zero-order valence-electron chi connectivity index (χ0n) is 12.4. The van der Waals surface area contributed by atoms with Crippen molar-refractivity contribution in [1.29, 1.82) is 0 Å². The van der Waals surface area contributed by atoms with Gasteiger partial charge in [0.15, 0.2) is 0 Å². The van der Waals surface area contributed by atoms with Crippen LogP contribution in [0.15, 0.2) is 24.3 Å². The number of fused-ring (bicyclic) bond motifs is 1. The van der Waals surface area contributed by atoms with Gasteiger partial charge in [-0.1, -0.05) is 25.0 Å². The molecule has 3 atom stereocenters. The van der Waals surface area contributed by atoms with Crippen molar-refractivity contribution < 1.29 is 4.79 Å². The summed E-state index contributed by atoms with van der Waals surface area (Å²) in [7, 11) is 1.95. The van der Waals surface area contributed by atoms with E-state index in [1.54, 1.807) is 0 Å². The molecule has 1 amide bonds. The Hall–Kier alpha value is -1.35. The van der Waals surface area contributed by atoms with Gasteiger partial charge >= 0.3 is 0 Å². The number of nitrogens with one attached hydrogen (secondary N) is 2. The third-order valence-electron chi connectivity index (χ3n) is 5.07. The van der Waals surface area contributed by atoms with Gasteiger partial charge in [-0.25, -0.2) is 0 Å². The first-order valence-electron chi connectivity index (χ1n) is 7.79. The Balaban J connectivity index is 1.59. The Morgan fingerprint density at radius 2 is 1.75 bits per heavy atom. The zero-order chi connectivity index (χ0) is 14.1. The fourth-order valence-corrected chi connectivity index (χ4v) is 3.63. The molecule has 3 nitrogen and oxygen atoms in total. The van der Waals surface area contributed by atoms with E-state index in [4.69, 9.17) is 0 Å². The summed E-state index contributed by atoms with van der Waals surface area (Å²) in [5.41, 5.74) is 2.16. The third kappa shape index (κ3) is 2.59. The standard InChI is InChI=1S/C17H24N2O/c1-11(18-2)12-7-9-13(10-8-12)19-17(20)16-14-5-3-4-6-15(14)16/h7-11,14-16,18H,3-6H2,1-2H3,(H,19,20). The largest absolute Gasteiger partial charge is 0.326 e. The van der Waals surface area contributed by atoms with Gasteiger partial charge in [0.25, 0.3) is 0 Å². The van der Waals surface area contributed by atoms with Gasteiger partial charge in [-0.2, -0.15) is 0 Å². The van der Waals surface area contributed by atoms with Gasteiger partial charge in [0, 0.05) is 17.6 Å². The van der Waals surface area contributed by atoms with Crippen LogP contribution in [0.4, 0.5) is 5.69 Å². The van der Waals surface area contributed by atoms with E-state index in [2.05, 4.69) is 29.7 Å². The van der Waals surface area contributed by atoms with Gasteiger partial charge in [-0.3, -0.25) is 4.79 Å². The van der Waals surface area contributed by atoms with Crippen LogP contribution >= 0.6 is 0 Å². The maximum Gasteiger partial charge on any atom is 0.228 e. The summed E-state index contributed by atoms with van der Waals surface area (Å²) in [6.07, 6.45) is 5.12. The Labute approximate surface area is 121 Å². The van der Waals surface area contributed by atoms with Gasteiger partial charge in [-0.15, -0.1) is 0 Å². The van der Waals surface area contributed by atoms with Crippen LogP contribution in [0.2, 0.25) is 0 Å². The van der Waals surface area contributed by atoms with E-state index in [0.717, 1.165) is 5.69 Å². The van der Waals surface area contributed by atoms with E-state index in [1.165, 1.54) is 31.2 Å². The highest BCUT2D eigenvalue weighted by Gasteiger charge is 2.54. The van der Waals surface area contributed by atoms with Gasteiger partial charge < -0.3 is 10.6 Å². The topological polar surface area (TPSA) is 41.1 Å². The molecule has 0 spiro atoms. The van der Waals surface area contributed by atoms with Crippen LogP contribution in [-0.4, -0.2) is 13.0 Å². The van der Waals surface area contributed by atoms with Gasteiger partial charge in [-0.05, 0) is 56.3 Å². The summed E-state index contributed by atoms with van der Waals surface area (Å²) in [5.74, 6) is 1.87. The van der Waals surface area contributed by atoms with E-state index in [1.807, 2.05) is 19.2 Å². The molecule has 2 N–H and O–H groups in total.